The van der Waals surface area contributed by atoms with E-state index in [1.807, 2.05) is 10.1 Å². The first-order chi connectivity index (χ1) is 15.6. The first-order valence-corrected chi connectivity index (χ1v) is 11.6. The fraction of sp³-hybridized carbons (Fsp3) is 0.409. The van der Waals surface area contributed by atoms with E-state index in [1.54, 1.807) is 29.4 Å². The van der Waals surface area contributed by atoms with Gasteiger partial charge in [0.15, 0.2) is 5.69 Å². The standard InChI is InChI=1S/C22H24N6O3S/c1-31-21-15(3-2-7-24-21)22(30)27-9-6-17-16(13-27)19(26-28(17)12-14-4-5-14)20(29)25-11-18-23-8-10-32-18/h2-3,7-8,10,14H,4-6,9,11-13H2,1H3,(H,25,29). The summed E-state index contributed by atoms with van der Waals surface area (Å²) >= 11 is 1.49. The number of fused-ring (bicyclic) bond motifs is 1. The van der Waals surface area contributed by atoms with Crippen molar-refractivity contribution in [3.63, 3.8) is 0 Å². The Labute approximate surface area is 189 Å². The highest BCUT2D eigenvalue weighted by atomic mass is 32.1. The molecule has 0 saturated heterocycles. The van der Waals surface area contributed by atoms with Crippen LogP contribution in [0.5, 0.6) is 5.88 Å². The van der Waals surface area contributed by atoms with Gasteiger partial charge in [-0.2, -0.15) is 5.10 Å². The number of carbonyl (C=O) groups excluding carboxylic acids is 2. The minimum absolute atomic E-state index is 0.162. The molecule has 32 heavy (non-hydrogen) atoms. The third kappa shape index (κ3) is 4.10. The number of aromatic nitrogens is 4. The molecule has 9 nitrogen and oxygen atoms in total. The summed E-state index contributed by atoms with van der Waals surface area (Å²) < 4.78 is 7.25. The van der Waals surface area contributed by atoms with Crippen LogP contribution in [0.15, 0.2) is 29.9 Å². The molecule has 5 rings (SSSR count). The van der Waals surface area contributed by atoms with Gasteiger partial charge in [-0.05, 0) is 30.9 Å². The third-order valence-electron chi connectivity index (χ3n) is 5.84. The third-order valence-corrected chi connectivity index (χ3v) is 6.62. The summed E-state index contributed by atoms with van der Waals surface area (Å²) in [7, 11) is 1.50. The van der Waals surface area contributed by atoms with Crippen LogP contribution in [0.3, 0.4) is 0 Å². The molecular weight excluding hydrogens is 428 g/mol. The first kappa shape index (κ1) is 20.6. The summed E-state index contributed by atoms with van der Waals surface area (Å²) in [4.78, 5) is 36.3. The second kappa shape index (κ2) is 8.70. The summed E-state index contributed by atoms with van der Waals surface area (Å²) in [5.41, 5.74) is 2.69. The van der Waals surface area contributed by atoms with Crippen LogP contribution < -0.4 is 10.1 Å². The molecule has 166 valence electrons. The fourth-order valence-electron chi connectivity index (χ4n) is 4.01. The minimum Gasteiger partial charge on any atom is -0.480 e. The zero-order chi connectivity index (χ0) is 22.1. The largest absolute Gasteiger partial charge is 0.480 e. The molecule has 1 aliphatic heterocycles. The molecule has 0 spiro atoms. The van der Waals surface area contributed by atoms with Crippen molar-refractivity contribution in [2.75, 3.05) is 13.7 Å². The van der Waals surface area contributed by atoms with Crippen LogP contribution >= 0.6 is 11.3 Å². The molecule has 0 radical (unpaired) electrons. The van der Waals surface area contributed by atoms with Gasteiger partial charge >= 0.3 is 0 Å². The number of hydrogen-bond donors (Lipinski definition) is 1. The Balaban J connectivity index is 1.40. The van der Waals surface area contributed by atoms with E-state index in [-0.39, 0.29) is 11.8 Å². The highest BCUT2D eigenvalue weighted by Gasteiger charge is 2.33. The fourth-order valence-corrected chi connectivity index (χ4v) is 4.57. The van der Waals surface area contributed by atoms with E-state index in [1.165, 1.54) is 31.3 Å². The van der Waals surface area contributed by atoms with Gasteiger partial charge in [0.25, 0.3) is 11.8 Å². The lowest BCUT2D eigenvalue weighted by atomic mass is 10.0. The number of pyridine rings is 1. The average molecular weight is 453 g/mol. The monoisotopic (exact) mass is 452 g/mol. The molecule has 0 bridgehead atoms. The molecular formula is C22H24N6O3S. The summed E-state index contributed by atoms with van der Waals surface area (Å²) in [6.07, 6.45) is 6.37. The van der Waals surface area contributed by atoms with Crippen LogP contribution in [-0.4, -0.2) is 50.1 Å². The number of ether oxygens (including phenoxy) is 1. The van der Waals surface area contributed by atoms with Gasteiger partial charge in [0.1, 0.15) is 10.6 Å². The van der Waals surface area contributed by atoms with Crippen LogP contribution in [-0.2, 0) is 26.1 Å². The predicted molar refractivity (Wildman–Crippen MR) is 117 cm³/mol. The Morgan fingerprint density at radius 3 is 2.91 bits per heavy atom. The Morgan fingerprint density at radius 2 is 2.16 bits per heavy atom. The van der Waals surface area contributed by atoms with E-state index >= 15 is 0 Å². The highest BCUT2D eigenvalue weighted by molar-refractivity contribution is 7.09. The Kier molecular flexibility index (Phi) is 5.60. The molecule has 10 heteroatoms. The van der Waals surface area contributed by atoms with E-state index in [0.717, 1.165) is 22.8 Å². The smallest absolute Gasteiger partial charge is 0.272 e. The Morgan fingerprint density at radius 1 is 1.28 bits per heavy atom. The van der Waals surface area contributed by atoms with Crippen LogP contribution in [0.2, 0.25) is 0 Å². The van der Waals surface area contributed by atoms with Crippen LogP contribution in [0.4, 0.5) is 0 Å². The lowest BCUT2D eigenvalue weighted by Crippen LogP contribution is -2.37. The molecule has 2 amide bonds. The summed E-state index contributed by atoms with van der Waals surface area (Å²) in [6.45, 7) is 2.07. The number of hydrogen-bond acceptors (Lipinski definition) is 7. The predicted octanol–water partition coefficient (Wildman–Crippen LogP) is 2.28. The quantitative estimate of drug-likeness (QED) is 0.590. The van der Waals surface area contributed by atoms with Crippen molar-refractivity contribution in [1.29, 1.82) is 0 Å². The topological polar surface area (TPSA) is 102 Å². The van der Waals surface area contributed by atoms with Crippen molar-refractivity contribution in [1.82, 2.24) is 30.0 Å². The molecule has 1 fully saturated rings. The second-order valence-electron chi connectivity index (χ2n) is 8.04. The van der Waals surface area contributed by atoms with E-state index in [0.29, 0.717) is 49.1 Å². The van der Waals surface area contributed by atoms with Crippen molar-refractivity contribution in [2.24, 2.45) is 5.92 Å². The van der Waals surface area contributed by atoms with Gasteiger partial charge in [-0.3, -0.25) is 14.3 Å². The summed E-state index contributed by atoms with van der Waals surface area (Å²) in [6, 6.07) is 3.43. The van der Waals surface area contributed by atoms with Crippen molar-refractivity contribution < 1.29 is 14.3 Å². The van der Waals surface area contributed by atoms with Gasteiger partial charge < -0.3 is 15.0 Å². The van der Waals surface area contributed by atoms with Crippen LogP contribution in [0.1, 0.15) is 50.0 Å². The average Bonchev–Trinajstić information content (AvgIpc) is 3.35. The molecule has 3 aromatic heterocycles. The molecule has 1 saturated carbocycles. The number of carbonyl (C=O) groups is 2. The van der Waals surface area contributed by atoms with Gasteiger partial charge in [-0.15, -0.1) is 11.3 Å². The van der Waals surface area contributed by atoms with Gasteiger partial charge in [0.05, 0.1) is 20.2 Å². The molecule has 1 aliphatic carbocycles. The van der Waals surface area contributed by atoms with E-state index in [9.17, 15) is 9.59 Å². The van der Waals surface area contributed by atoms with Gasteiger partial charge in [0.2, 0.25) is 5.88 Å². The highest BCUT2D eigenvalue weighted by Crippen LogP contribution is 2.33. The normalized spacial score (nSPS) is 15.3. The van der Waals surface area contributed by atoms with Crippen molar-refractivity contribution in [2.45, 2.75) is 38.9 Å². The lowest BCUT2D eigenvalue weighted by molar-refractivity contribution is 0.0726. The summed E-state index contributed by atoms with van der Waals surface area (Å²) in [5.74, 6) is 0.530. The summed E-state index contributed by atoms with van der Waals surface area (Å²) in [5, 5.41) is 10.3. The Hall–Kier alpha value is -3.27. The number of nitrogens with zero attached hydrogens (tertiary/aromatic N) is 5. The number of rotatable bonds is 7. The SMILES string of the molecule is COc1ncccc1C(=O)N1CCc2c(c(C(=O)NCc3nccs3)nn2CC2CC2)C1. The molecule has 0 aromatic carbocycles. The molecule has 3 aromatic rings. The molecule has 0 unspecified atom stereocenters. The number of thiazole rings is 1. The maximum absolute atomic E-state index is 13.2. The van der Waals surface area contributed by atoms with Crippen LogP contribution in [0.25, 0.3) is 0 Å². The van der Waals surface area contributed by atoms with E-state index in [4.69, 9.17) is 4.74 Å². The molecule has 2 aliphatic rings. The van der Waals surface area contributed by atoms with Crippen molar-refractivity contribution in [3.8, 4) is 5.88 Å². The van der Waals surface area contributed by atoms with E-state index in [2.05, 4.69) is 20.4 Å². The number of amides is 2. The van der Waals surface area contributed by atoms with E-state index < -0.39 is 0 Å². The zero-order valence-electron chi connectivity index (χ0n) is 17.8. The zero-order valence-corrected chi connectivity index (χ0v) is 18.6. The lowest BCUT2D eigenvalue weighted by Gasteiger charge is -2.28. The van der Waals surface area contributed by atoms with Gasteiger partial charge in [-0.1, -0.05) is 0 Å². The van der Waals surface area contributed by atoms with Crippen molar-refractivity contribution in [3.05, 3.63) is 57.4 Å². The minimum atomic E-state index is -0.237. The molecule has 4 heterocycles. The van der Waals surface area contributed by atoms with Gasteiger partial charge in [0, 0.05) is 48.5 Å². The number of methoxy groups -OCH3 is 1. The second-order valence-corrected chi connectivity index (χ2v) is 9.02. The maximum Gasteiger partial charge on any atom is 0.272 e. The molecule has 1 N–H and O–H groups in total. The first-order valence-electron chi connectivity index (χ1n) is 10.7. The van der Waals surface area contributed by atoms with Gasteiger partial charge in [-0.25, -0.2) is 9.97 Å². The molecule has 0 atom stereocenters. The van der Waals surface area contributed by atoms with Crippen LogP contribution in [0, 0.1) is 5.92 Å². The number of nitrogens with one attached hydrogen (secondary N) is 1. The van der Waals surface area contributed by atoms with Crippen molar-refractivity contribution >= 4 is 23.2 Å². The maximum atomic E-state index is 13.2. The Bertz CT molecular complexity index is 1140.